The van der Waals surface area contributed by atoms with Gasteiger partial charge >= 0.3 is 11.9 Å². The van der Waals surface area contributed by atoms with E-state index in [-0.39, 0.29) is 19.4 Å². The number of rotatable bonds is 12. The summed E-state index contributed by atoms with van der Waals surface area (Å²) in [6, 6.07) is 0. The van der Waals surface area contributed by atoms with E-state index in [1.54, 1.807) is 13.8 Å². The van der Waals surface area contributed by atoms with Gasteiger partial charge in [0.15, 0.2) is 12.4 Å². The second-order valence-electron chi connectivity index (χ2n) is 4.38. The zero-order valence-electron chi connectivity index (χ0n) is 13.0. The van der Waals surface area contributed by atoms with Crippen LogP contribution in [0.4, 0.5) is 0 Å². The summed E-state index contributed by atoms with van der Waals surface area (Å²) in [6.07, 6.45) is -2.39. The van der Waals surface area contributed by atoms with Crippen LogP contribution in [-0.2, 0) is 32.7 Å². The molecule has 0 radical (unpaired) electrons. The third kappa shape index (κ3) is 11.2. The first-order valence-electron chi connectivity index (χ1n) is 7.02. The van der Waals surface area contributed by atoms with Gasteiger partial charge in [-0.1, -0.05) is 13.8 Å². The van der Waals surface area contributed by atoms with E-state index < -0.39 is 45.4 Å². The molecular weight excluding hydrogens is 335 g/mol. The summed E-state index contributed by atoms with van der Waals surface area (Å²) < 4.78 is 29.6. The van der Waals surface area contributed by atoms with Crippen molar-refractivity contribution in [3.63, 3.8) is 0 Å². The normalized spacial score (nSPS) is 16.2. The van der Waals surface area contributed by atoms with Crippen molar-refractivity contribution in [2.75, 3.05) is 19.8 Å². The third-order valence-corrected chi connectivity index (χ3v) is 3.26. The quantitative estimate of drug-likeness (QED) is 0.265. The second kappa shape index (κ2) is 11.5. The van der Waals surface area contributed by atoms with Gasteiger partial charge in [-0.3, -0.25) is 18.7 Å². The summed E-state index contributed by atoms with van der Waals surface area (Å²) in [5.41, 5.74) is 0. The molecular formula is C12H22O10P-. The van der Waals surface area contributed by atoms with Crippen molar-refractivity contribution < 1.29 is 47.8 Å². The van der Waals surface area contributed by atoms with E-state index in [0.29, 0.717) is 6.42 Å². The lowest BCUT2D eigenvalue weighted by atomic mass is 10.3. The molecule has 0 bridgehead atoms. The standard InChI is InChI=1S/C12H23O10P/c1-3-5-11(15)21-9(7-19-10(14)4-2)8-20-23(17,18)22-12(16)6-13/h9,12-13,16H,3-8H2,1-2H3,(H,17,18)/p-1/t9-,12?/m1/s1. The Morgan fingerprint density at radius 2 is 1.87 bits per heavy atom. The van der Waals surface area contributed by atoms with E-state index in [2.05, 4.69) is 9.05 Å². The number of hydrogen-bond acceptors (Lipinski definition) is 10. The van der Waals surface area contributed by atoms with E-state index in [0.717, 1.165) is 0 Å². The molecule has 0 heterocycles. The minimum Gasteiger partial charge on any atom is -0.756 e. The van der Waals surface area contributed by atoms with Gasteiger partial charge in [-0.25, -0.2) is 0 Å². The molecule has 23 heavy (non-hydrogen) atoms. The number of carbonyl (C=O) groups excluding carboxylic acids is 2. The van der Waals surface area contributed by atoms with Crippen molar-refractivity contribution in [1.29, 1.82) is 0 Å². The van der Waals surface area contributed by atoms with Crippen LogP contribution in [-0.4, -0.2) is 54.4 Å². The van der Waals surface area contributed by atoms with Crippen LogP contribution in [0, 0.1) is 0 Å². The monoisotopic (exact) mass is 357 g/mol. The van der Waals surface area contributed by atoms with Crippen LogP contribution in [0.2, 0.25) is 0 Å². The largest absolute Gasteiger partial charge is 0.756 e. The molecule has 0 saturated heterocycles. The highest BCUT2D eigenvalue weighted by Crippen LogP contribution is 2.39. The van der Waals surface area contributed by atoms with E-state index in [4.69, 9.17) is 19.7 Å². The molecule has 0 rings (SSSR count). The first-order chi connectivity index (χ1) is 10.7. The van der Waals surface area contributed by atoms with Gasteiger partial charge in [0.1, 0.15) is 6.61 Å². The molecule has 0 aliphatic carbocycles. The Balaban J connectivity index is 4.57. The fourth-order valence-electron chi connectivity index (χ4n) is 1.24. The molecule has 0 saturated carbocycles. The number of ether oxygens (including phenoxy) is 2. The zero-order chi connectivity index (χ0) is 17.9. The van der Waals surface area contributed by atoms with Gasteiger partial charge in [0.2, 0.25) is 0 Å². The number of hydrogen-bond donors (Lipinski definition) is 2. The Labute approximate surface area is 133 Å². The predicted molar refractivity (Wildman–Crippen MR) is 73.8 cm³/mol. The van der Waals surface area contributed by atoms with Crippen molar-refractivity contribution in [3.05, 3.63) is 0 Å². The Morgan fingerprint density at radius 1 is 1.22 bits per heavy atom. The molecule has 0 aliphatic heterocycles. The van der Waals surface area contributed by atoms with E-state index in [9.17, 15) is 19.0 Å². The second-order valence-corrected chi connectivity index (χ2v) is 5.75. The smallest absolute Gasteiger partial charge is 0.306 e. The number of phosphoric ester groups is 1. The highest BCUT2D eigenvalue weighted by molar-refractivity contribution is 7.45. The number of esters is 2. The lowest BCUT2D eigenvalue weighted by molar-refractivity contribution is -0.245. The van der Waals surface area contributed by atoms with E-state index >= 15 is 0 Å². The summed E-state index contributed by atoms with van der Waals surface area (Å²) in [4.78, 5) is 33.9. The molecule has 0 aromatic rings. The maximum absolute atomic E-state index is 11.4. The fraction of sp³-hybridized carbons (Fsp3) is 0.833. The SMILES string of the molecule is CCCC(=O)O[C@H](COC(=O)CC)COP(=O)([O-])OC(O)CO. The highest BCUT2D eigenvalue weighted by Gasteiger charge is 2.22. The number of aliphatic hydroxyl groups excluding tert-OH is 2. The minimum absolute atomic E-state index is 0.0995. The number of carbonyl (C=O) groups is 2. The number of aliphatic hydroxyl groups is 2. The molecule has 10 nitrogen and oxygen atoms in total. The predicted octanol–water partition coefficient (Wildman–Crippen LogP) is -0.536. The van der Waals surface area contributed by atoms with Crippen molar-refractivity contribution in [2.24, 2.45) is 0 Å². The minimum atomic E-state index is -4.92. The van der Waals surface area contributed by atoms with Gasteiger partial charge in [-0.05, 0) is 6.42 Å². The summed E-state index contributed by atoms with van der Waals surface area (Å²) in [5, 5.41) is 17.4. The Morgan fingerprint density at radius 3 is 2.39 bits per heavy atom. The van der Waals surface area contributed by atoms with Crippen LogP contribution >= 0.6 is 7.82 Å². The van der Waals surface area contributed by atoms with Crippen LogP contribution in [0.3, 0.4) is 0 Å². The molecule has 136 valence electrons. The van der Waals surface area contributed by atoms with Gasteiger partial charge in [-0.2, -0.15) is 0 Å². The fourth-order valence-corrected chi connectivity index (χ4v) is 2.01. The van der Waals surface area contributed by atoms with Crippen molar-refractivity contribution in [2.45, 2.75) is 45.5 Å². The first-order valence-corrected chi connectivity index (χ1v) is 8.48. The van der Waals surface area contributed by atoms with Gasteiger partial charge in [0, 0.05) is 12.8 Å². The molecule has 0 amide bonds. The average Bonchev–Trinajstić information content (AvgIpc) is 2.49. The molecule has 2 unspecified atom stereocenters. The van der Waals surface area contributed by atoms with Crippen LogP contribution < -0.4 is 4.89 Å². The van der Waals surface area contributed by atoms with Crippen LogP contribution in [0.15, 0.2) is 0 Å². The van der Waals surface area contributed by atoms with E-state index in [1.807, 2.05) is 0 Å². The van der Waals surface area contributed by atoms with Crippen molar-refractivity contribution >= 4 is 19.8 Å². The Bertz CT molecular complexity index is 413. The average molecular weight is 357 g/mol. The van der Waals surface area contributed by atoms with Crippen LogP contribution in [0.1, 0.15) is 33.1 Å². The lowest BCUT2D eigenvalue weighted by Crippen LogP contribution is -2.31. The van der Waals surface area contributed by atoms with Crippen LogP contribution in [0.5, 0.6) is 0 Å². The zero-order valence-corrected chi connectivity index (χ0v) is 13.9. The summed E-state index contributed by atoms with van der Waals surface area (Å²) in [5.74, 6) is -1.16. The molecule has 0 aromatic carbocycles. The van der Waals surface area contributed by atoms with Crippen LogP contribution in [0.25, 0.3) is 0 Å². The Hall–Kier alpha value is -1.03. The maximum atomic E-state index is 11.4. The van der Waals surface area contributed by atoms with Gasteiger partial charge < -0.3 is 29.1 Å². The van der Waals surface area contributed by atoms with Gasteiger partial charge in [0.05, 0.1) is 13.2 Å². The van der Waals surface area contributed by atoms with Gasteiger partial charge in [-0.15, -0.1) is 0 Å². The van der Waals surface area contributed by atoms with Crippen molar-refractivity contribution in [1.82, 2.24) is 0 Å². The molecule has 0 aromatic heterocycles. The summed E-state index contributed by atoms with van der Waals surface area (Å²) in [6.45, 7) is 1.32. The topological polar surface area (TPSA) is 152 Å². The summed E-state index contributed by atoms with van der Waals surface area (Å²) in [7, 11) is -4.92. The Kier molecular flexibility index (Phi) is 11.0. The van der Waals surface area contributed by atoms with Crippen molar-refractivity contribution in [3.8, 4) is 0 Å². The van der Waals surface area contributed by atoms with Gasteiger partial charge in [0.25, 0.3) is 7.82 Å². The molecule has 2 N–H and O–H groups in total. The first kappa shape index (κ1) is 22.0. The molecule has 11 heteroatoms. The third-order valence-electron chi connectivity index (χ3n) is 2.30. The molecule has 3 atom stereocenters. The molecule has 0 fully saturated rings. The molecule has 0 spiro atoms. The highest BCUT2D eigenvalue weighted by atomic mass is 31.2. The lowest BCUT2D eigenvalue weighted by Gasteiger charge is -2.26. The number of phosphoric acid groups is 1. The maximum Gasteiger partial charge on any atom is 0.306 e. The van der Waals surface area contributed by atoms with E-state index in [1.165, 1.54) is 0 Å². The summed E-state index contributed by atoms with van der Waals surface area (Å²) >= 11 is 0. The molecule has 0 aliphatic rings.